The molecule has 23 heavy (non-hydrogen) atoms. The average Bonchev–Trinajstić information content (AvgIpc) is 2.52. The first kappa shape index (κ1) is 16.9. The lowest BCUT2D eigenvalue weighted by Crippen LogP contribution is -2.10. The van der Waals surface area contributed by atoms with Gasteiger partial charge in [0.1, 0.15) is 12.4 Å². The van der Waals surface area contributed by atoms with Gasteiger partial charge in [0, 0.05) is 5.56 Å². The first-order valence-corrected chi connectivity index (χ1v) is 6.48. The third-order valence-electron chi connectivity index (χ3n) is 3.25. The van der Waals surface area contributed by atoms with Gasteiger partial charge in [-0.2, -0.15) is 0 Å². The lowest BCUT2D eigenvalue weighted by molar-refractivity contribution is 0.101. The molecule has 122 valence electrons. The number of aryl methyl sites for hydroxylation is 1. The molecule has 0 radical (unpaired) electrons. The van der Waals surface area contributed by atoms with Gasteiger partial charge in [-0.15, -0.1) is 0 Å². The SMILES string of the molecule is CC(=O)c1ccc(OCc2c(F)c(F)c(F)c(F)c2F)c(C)c1. The number of hydrogen-bond donors (Lipinski definition) is 0. The third kappa shape index (κ3) is 3.18. The van der Waals surface area contributed by atoms with Gasteiger partial charge in [0.05, 0.1) is 5.56 Å². The quantitative estimate of drug-likeness (QED) is 0.358. The van der Waals surface area contributed by atoms with E-state index < -0.39 is 41.3 Å². The van der Waals surface area contributed by atoms with Crippen LogP contribution in [0, 0.1) is 36.0 Å². The molecule has 0 bridgehead atoms. The molecular weight excluding hydrogens is 319 g/mol. The fourth-order valence-corrected chi connectivity index (χ4v) is 1.96. The topological polar surface area (TPSA) is 26.3 Å². The number of halogens is 5. The van der Waals surface area contributed by atoms with E-state index in [1.807, 2.05) is 0 Å². The summed E-state index contributed by atoms with van der Waals surface area (Å²) in [5, 5.41) is 0. The summed E-state index contributed by atoms with van der Waals surface area (Å²) >= 11 is 0. The molecule has 2 aromatic carbocycles. The van der Waals surface area contributed by atoms with E-state index >= 15 is 0 Å². The molecule has 0 heterocycles. The van der Waals surface area contributed by atoms with Crippen molar-refractivity contribution >= 4 is 5.78 Å². The summed E-state index contributed by atoms with van der Waals surface area (Å²) in [7, 11) is 0. The van der Waals surface area contributed by atoms with E-state index in [4.69, 9.17) is 4.74 Å². The number of rotatable bonds is 4. The predicted molar refractivity (Wildman–Crippen MR) is 71.7 cm³/mol. The molecule has 0 unspecified atom stereocenters. The maximum absolute atomic E-state index is 13.5. The molecule has 0 aliphatic heterocycles. The summed E-state index contributed by atoms with van der Waals surface area (Å²) in [6, 6.07) is 4.32. The number of benzene rings is 2. The zero-order valence-electron chi connectivity index (χ0n) is 12.1. The largest absolute Gasteiger partial charge is 0.488 e. The Kier molecular flexibility index (Phi) is 4.68. The van der Waals surface area contributed by atoms with Crippen LogP contribution in [0.3, 0.4) is 0 Å². The van der Waals surface area contributed by atoms with Gasteiger partial charge in [-0.05, 0) is 37.6 Å². The fraction of sp³-hybridized carbons (Fsp3) is 0.188. The maximum Gasteiger partial charge on any atom is 0.200 e. The Morgan fingerprint density at radius 1 is 0.957 bits per heavy atom. The summed E-state index contributed by atoms with van der Waals surface area (Å²) in [5.41, 5.74) is -0.163. The Morgan fingerprint density at radius 3 is 1.96 bits per heavy atom. The molecule has 0 aliphatic rings. The summed E-state index contributed by atoms with van der Waals surface area (Å²) in [6.07, 6.45) is 0. The molecule has 0 N–H and O–H groups in total. The van der Waals surface area contributed by atoms with Gasteiger partial charge in [0.25, 0.3) is 0 Å². The van der Waals surface area contributed by atoms with E-state index in [2.05, 4.69) is 0 Å². The number of ketones is 1. The van der Waals surface area contributed by atoms with Crippen LogP contribution in [0.5, 0.6) is 5.75 Å². The molecule has 0 spiro atoms. The van der Waals surface area contributed by atoms with Gasteiger partial charge >= 0.3 is 0 Å². The second kappa shape index (κ2) is 6.36. The average molecular weight is 330 g/mol. The Balaban J connectivity index is 2.30. The molecule has 0 aromatic heterocycles. The number of carbonyl (C=O) groups is 1. The lowest BCUT2D eigenvalue weighted by Gasteiger charge is -2.12. The van der Waals surface area contributed by atoms with Gasteiger partial charge < -0.3 is 4.74 Å². The Hall–Kier alpha value is -2.44. The van der Waals surface area contributed by atoms with Crippen molar-refractivity contribution in [3.8, 4) is 5.75 Å². The normalized spacial score (nSPS) is 10.7. The van der Waals surface area contributed by atoms with Crippen LogP contribution in [0.25, 0.3) is 0 Å². The molecule has 0 fully saturated rings. The van der Waals surface area contributed by atoms with Crippen molar-refractivity contribution in [3.05, 3.63) is 64.0 Å². The van der Waals surface area contributed by atoms with Crippen molar-refractivity contribution < 1.29 is 31.5 Å². The number of carbonyl (C=O) groups excluding carboxylic acids is 1. The van der Waals surface area contributed by atoms with Crippen LogP contribution >= 0.6 is 0 Å². The molecule has 7 heteroatoms. The monoisotopic (exact) mass is 330 g/mol. The summed E-state index contributed by atoms with van der Waals surface area (Å²) in [6.45, 7) is 2.11. The van der Waals surface area contributed by atoms with E-state index in [0.29, 0.717) is 11.1 Å². The van der Waals surface area contributed by atoms with Crippen molar-refractivity contribution in [2.24, 2.45) is 0 Å². The standard InChI is InChI=1S/C16H11F5O2/c1-7-5-9(8(2)22)3-4-11(7)23-6-10-12(17)14(19)16(21)15(20)13(10)18/h3-5H,6H2,1-2H3. The van der Waals surface area contributed by atoms with Gasteiger partial charge in [-0.3, -0.25) is 4.79 Å². The molecule has 0 amide bonds. The van der Waals surface area contributed by atoms with Crippen LogP contribution in [-0.2, 0) is 6.61 Å². The molecule has 0 aliphatic carbocycles. The van der Waals surface area contributed by atoms with Gasteiger partial charge in [-0.1, -0.05) is 0 Å². The van der Waals surface area contributed by atoms with Crippen molar-refractivity contribution in [2.75, 3.05) is 0 Å². The highest BCUT2D eigenvalue weighted by Gasteiger charge is 2.26. The fourth-order valence-electron chi connectivity index (χ4n) is 1.96. The zero-order chi connectivity index (χ0) is 17.3. The smallest absolute Gasteiger partial charge is 0.200 e. The molecule has 2 nitrogen and oxygen atoms in total. The van der Waals surface area contributed by atoms with E-state index in [0.717, 1.165) is 0 Å². The van der Waals surface area contributed by atoms with Crippen LogP contribution in [0.2, 0.25) is 0 Å². The molecule has 0 saturated carbocycles. The second-order valence-electron chi connectivity index (χ2n) is 4.87. The Morgan fingerprint density at radius 2 is 1.48 bits per heavy atom. The van der Waals surface area contributed by atoms with Gasteiger partial charge in [0.15, 0.2) is 29.1 Å². The molecule has 2 aromatic rings. The van der Waals surface area contributed by atoms with Crippen molar-refractivity contribution in [1.82, 2.24) is 0 Å². The van der Waals surface area contributed by atoms with Gasteiger partial charge in [-0.25, -0.2) is 22.0 Å². The van der Waals surface area contributed by atoms with Gasteiger partial charge in [0.2, 0.25) is 5.82 Å². The van der Waals surface area contributed by atoms with Crippen molar-refractivity contribution in [1.29, 1.82) is 0 Å². The summed E-state index contributed by atoms with van der Waals surface area (Å²) in [4.78, 5) is 11.2. The summed E-state index contributed by atoms with van der Waals surface area (Å²) in [5.74, 6) is -10.1. The minimum Gasteiger partial charge on any atom is -0.488 e. The minimum absolute atomic E-state index is 0.166. The van der Waals surface area contributed by atoms with E-state index in [-0.39, 0.29) is 11.5 Å². The molecule has 2 rings (SSSR count). The molecular formula is C16H11F5O2. The van der Waals surface area contributed by atoms with Crippen LogP contribution in [0.1, 0.15) is 28.4 Å². The number of ether oxygens (including phenoxy) is 1. The van der Waals surface area contributed by atoms with Crippen LogP contribution in [0.15, 0.2) is 18.2 Å². The summed E-state index contributed by atoms with van der Waals surface area (Å²) < 4.78 is 71.3. The Bertz CT molecular complexity index is 758. The van der Waals surface area contributed by atoms with E-state index in [1.165, 1.54) is 25.1 Å². The van der Waals surface area contributed by atoms with Crippen LogP contribution in [-0.4, -0.2) is 5.78 Å². The van der Waals surface area contributed by atoms with Crippen LogP contribution < -0.4 is 4.74 Å². The third-order valence-corrected chi connectivity index (χ3v) is 3.25. The molecule has 0 atom stereocenters. The van der Waals surface area contributed by atoms with Crippen LogP contribution in [0.4, 0.5) is 22.0 Å². The first-order chi connectivity index (χ1) is 10.7. The zero-order valence-corrected chi connectivity index (χ0v) is 12.1. The number of Topliss-reactive ketones (excluding diaryl/α,β-unsaturated/α-hetero) is 1. The minimum atomic E-state index is -2.22. The van der Waals surface area contributed by atoms with Crippen molar-refractivity contribution in [2.45, 2.75) is 20.5 Å². The van der Waals surface area contributed by atoms with E-state index in [1.54, 1.807) is 6.92 Å². The lowest BCUT2D eigenvalue weighted by atomic mass is 10.1. The molecule has 0 saturated heterocycles. The highest BCUT2D eigenvalue weighted by molar-refractivity contribution is 5.94. The predicted octanol–water partition coefficient (Wildman–Crippen LogP) is 4.47. The Labute approximate surface area is 128 Å². The second-order valence-corrected chi connectivity index (χ2v) is 4.87. The highest BCUT2D eigenvalue weighted by Crippen LogP contribution is 2.26. The van der Waals surface area contributed by atoms with Crippen molar-refractivity contribution in [3.63, 3.8) is 0 Å². The maximum atomic E-state index is 13.5. The highest BCUT2D eigenvalue weighted by atomic mass is 19.2. The van der Waals surface area contributed by atoms with E-state index in [9.17, 15) is 26.7 Å². The number of hydrogen-bond acceptors (Lipinski definition) is 2. The first-order valence-electron chi connectivity index (χ1n) is 6.48.